The summed E-state index contributed by atoms with van der Waals surface area (Å²) < 4.78 is 0. The molecule has 1 heterocycles. The molecule has 12 heavy (non-hydrogen) atoms. The fraction of sp³-hybridized carbons (Fsp3) is 0.375. The number of hydrogen-bond acceptors (Lipinski definition) is 3. The Morgan fingerprint density at radius 3 is 2.17 bits per heavy atom. The summed E-state index contributed by atoms with van der Waals surface area (Å²) in [5, 5.41) is 11.7. The zero-order chi connectivity index (χ0) is 9.56. The van der Waals surface area contributed by atoms with E-state index < -0.39 is 25.7 Å². The van der Waals surface area contributed by atoms with Crippen molar-refractivity contribution in [2.45, 2.75) is 14.8 Å². The SMILES string of the molecule is O=C([O-])c1cccs1.[CH3][Sn+]([CH3])[CH3]. The van der Waals surface area contributed by atoms with Crippen LogP contribution in [0.4, 0.5) is 0 Å². The van der Waals surface area contributed by atoms with Gasteiger partial charge in [0.15, 0.2) is 0 Å². The maximum atomic E-state index is 9.96. The first-order chi connectivity index (χ1) is 5.54. The van der Waals surface area contributed by atoms with Gasteiger partial charge in [-0.05, 0) is 11.4 Å². The fourth-order valence-electron chi connectivity index (χ4n) is 0.395. The van der Waals surface area contributed by atoms with E-state index in [9.17, 15) is 9.90 Å². The predicted octanol–water partition coefficient (Wildman–Crippen LogP) is 1.48. The molecule has 0 saturated carbocycles. The summed E-state index contributed by atoms with van der Waals surface area (Å²) in [7, 11) is 0. The van der Waals surface area contributed by atoms with Gasteiger partial charge in [0.25, 0.3) is 0 Å². The maximum absolute atomic E-state index is 9.96. The summed E-state index contributed by atoms with van der Waals surface area (Å²) in [6, 6.07) is 3.19. The van der Waals surface area contributed by atoms with E-state index in [1.807, 2.05) is 0 Å². The van der Waals surface area contributed by atoms with Crippen molar-refractivity contribution in [2.24, 2.45) is 0 Å². The molecule has 1 rings (SSSR count). The monoisotopic (exact) mass is 292 g/mol. The van der Waals surface area contributed by atoms with Gasteiger partial charge in [-0.3, -0.25) is 0 Å². The summed E-state index contributed by atoms with van der Waals surface area (Å²) in [5.74, 6) is -1.10. The molecule has 4 heteroatoms. The van der Waals surface area contributed by atoms with Crippen LogP contribution in [0.1, 0.15) is 9.67 Å². The van der Waals surface area contributed by atoms with Gasteiger partial charge < -0.3 is 9.90 Å². The minimum absolute atomic E-state index is 0.282. The summed E-state index contributed by atoms with van der Waals surface area (Å²) in [4.78, 5) is 17.3. The Kier molecular flexibility index (Phi) is 6.46. The number of carboxylic acid groups (broad SMARTS) is 1. The molecule has 0 spiro atoms. The van der Waals surface area contributed by atoms with E-state index >= 15 is 0 Å². The molecule has 2 nitrogen and oxygen atoms in total. The summed E-state index contributed by atoms with van der Waals surface area (Å²) in [5.41, 5.74) is 0. The van der Waals surface area contributed by atoms with Crippen LogP contribution in [0.3, 0.4) is 0 Å². The summed E-state index contributed by atoms with van der Waals surface area (Å²) in [6.07, 6.45) is 0. The molecule has 0 aliphatic carbocycles. The zero-order valence-electron chi connectivity index (χ0n) is 7.46. The first-order valence-corrected chi connectivity index (χ1v) is 13.0. The molecule has 0 aromatic carbocycles. The number of thiophene rings is 1. The minimum atomic E-state index is -1.10. The van der Waals surface area contributed by atoms with Crippen molar-refractivity contribution >= 4 is 37.1 Å². The van der Waals surface area contributed by atoms with E-state index in [4.69, 9.17) is 0 Å². The molecular weight excluding hydrogens is 279 g/mol. The van der Waals surface area contributed by atoms with Crippen molar-refractivity contribution in [3.63, 3.8) is 0 Å². The zero-order valence-corrected chi connectivity index (χ0v) is 11.1. The Labute approximate surface area is 84.0 Å². The Hall–Kier alpha value is -0.0313. The molecule has 66 valence electrons. The molecule has 0 bridgehead atoms. The van der Waals surface area contributed by atoms with Crippen molar-refractivity contribution in [3.8, 4) is 0 Å². The van der Waals surface area contributed by atoms with Crippen LogP contribution in [-0.4, -0.2) is 25.7 Å². The van der Waals surface area contributed by atoms with E-state index in [0.29, 0.717) is 0 Å². The molecule has 1 aromatic rings. The molecule has 0 N–H and O–H groups in total. The average Bonchev–Trinajstić information content (AvgIpc) is 2.34. The quantitative estimate of drug-likeness (QED) is 0.735. The van der Waals surface area contributed by atoms with Crippen LogP contribution in [-0.2, 0) is 0 Å². The van der Waals surface area contributed by atoms with E-state index in [0.717, 1.165) is 0 Å². The number of aromatic carboxylic acids is 1. The van der Waals surface area contributed by atoms with Gasteiger partial charge in [0.2, 0.25) is 0 Å². The van der Waals surface area contributed by atoms with E-state index in [2.05, 4.69) is 14.8 Å². The van der Waals surface area contributed by atoms with Gasteiger partial charge in [-0.25, -0.2) is 0 Å². The number of carboxylic acids is 1. The third kappa shape index (κ3) is 6.66. The molecule has 0 aliphatic heterocycles. The van der Waals surface area contributed by atoms with Crippen LogP contribution in [0.2, 0.25) is 14.8 Å². The third-order valence-electron chi connectivity index (χ3n) is 0.722. The molecule has 0 radical (unpaired) electrons. The molecular formula is C8H12O2SSn. The van der Waals surface area contributed by atoms with Gasteiger partial charge in [-0.2, -0.15) is 0 Å². The molecule has 0 atom stereocenters. The molecule has 0 aliphatic rings. The molecule has 1 aromatic heterocycles. The van der Waals surface area contributed by atoms with Crippen molar-refractivity contribution in [3.05, 3.63) is 22.4 Å². The molecule has 0 fully saturated rings. The predicted molar refractivity (Wildman–Crippen MR) is 52.0 cm³/mol. The van der Waals surface area contributed by atoms with Crippen LogP contribution < -0.4 is 5.11 Å². The normalized spacial score (nSPS) is 8.25. The number of rotatable bonds is 1. The van der Waals surface area contributed by atoms with Crippen molar-refractivity contribution < 1.29 is 9.90 Å². The fourth-order valence-corrected chi connectivity index (χ4v) is 0.952. The van der Waals surface area contributed by atoms with E-state index in [1.165, 1.54) is 17.4 Å². The van der Waals surface area contributed by atoms with Gasteiger partial charge in [0.05, 0.1) is 5.97 Å². The van der Waals surface area contributed by atoms with Gasteiger partial charge in [-0.15, -0.1) is 11.3 Å². The van der Waals surface area contributed by atoms with Crippen LogP contribution >= 0.6 is 11.3 Å². The van der Waals surface area contributed by atoms with Gasteiger partial charge in [0, 0.05) is 4.88 Å². The standard InChI is InChI=1S/C5H4O2S.3CH3.Sn/c6-5(7)4-2-1-3-8-4;;;;/h1-3H,(H,6,7);3*1H3;/q;;;;+1/p-1. The van der Waals surface area contributed by atoms with Crippen LogP contribution in [0.15, 0.2) is 17.5 Å². The summed E-state index contributed by atoms with van der Waals surface area (Å²) in [6.45, 7) is 0. The van der Waals surface area contributed by atoms with Crippen molar-refractivity contribution in [1.29, 1.82) is 0 Å². The van der Waals surface area contributed by atoms with Crippen LogP contribution in [0.5, 0.6) is 0 Å². The number of carbonyl (C=O) groups is 1. The Balaban J connectivity index is 0.000000261. The van der Waals surface area contributed by atoms with Gasteiger partial charge in [-0.1, -0.05) is 6.07 Å². The van der Waals surface area contributed by atoms with E-state index in [-0.39, 0.29) is 4.88 Å². The van der Waals surface area contributed by atoms with Crippen molar-refractivity contribution in [2.75, 3.05) is 0 Å². The summed E-state index contributed by atoms with van der Waals surface area (Å²) >= 11 is 0.626. The van der Waals surface area contributed by atoms with Gasteiger partial charge in [0.1, 0.15) is 0 Å². The molecule has 0 saturated heterocycles. The topological polar surface area (TPSA) is 40.1 Å². The van der Waals surface area contributed by atoms with Gasteiger partial charge >= 0.3 is 34.6 Å². The second-order valence-electron chi connectivity index (χ2n) is 2.76. The van der Waals surface area contributed by atoms with Crippen molar-refractivity contribution in [1.82, 2.24) is 0 Å². The Morgan fingerprint density at radius 2 is 2.00 bits per heavy atom. The van der Waals surface area contributed by atoms with Crippen LogP contribution in [0.25, 0.3) is 0 Å². The number of hydrogen-bond donors (Lipinski definition) is 0. The second-order valence-corrected chi connectivity index (χ2v) is 12.3. The first kappa shape index (κ1) is 12.0. The third-order valence-corrected chi connectivity index (χ3v) is 1.57. The van der Waals surface area contributed by atoms with E-state index in [1.54, 1.807) is 11.4 Å². The Bertz CT molecular complexity index is 216. The molecule has 0 amide bonds. The second kappa shape index (κ2) is 6.48. The number of carbonyl (C=O) groups excluding carboxylic acids is 1. The molecule has 0 unspecified atom stereocenters. The first-order valence-electron chi connectivity index (χ1n) is 3.55. The average molecular weight is 291 g/mol. The Morgan fingerprint density at radius 1 is 1.50 bits per heavy atom. The van der Waals surface area contributed by atoms with Crippen LogP contribution in [0, 0.1) is 0 Å².